The van der Waals surface area contributed by atoms with Crippen molar-refractivity contribution >= 4 is 17.7 Å². The van der Waals surface area contributed by atoms with E-state index < -0.39 is 0 Å². The van der Waals surface area contributed by atoms with Crippen LogP contribution in [-0.2, 0) is 9.53 Å². The van der Waals surface area contributed by atoms with Gasteiger partial charge >= 0.3 is 5.97 Å². The first-order valence-corrected chi connectivity index (χ1v) is 5.48. The van der Waals surface area contributed by atoms with Gasteiger partial charge in [-0.05, 0) is 25.0 Å². The molecule has 1 atom stereocenters. The van der Waals surface area contributed by atoms with Crippen LogP contribution in [0.4, 0.5) is 0 Å². The average molecular weight is 205 g/mol. The van der Waals surface area contributed by atoms with Crippen LogP contribution < -0.4 is 0 Å². The van der Waals surface area contributed by atoms with Gasteiger partial charge in [0.05, 0.1) is 13.2 Å². The van der Waals surface area contributed by atoms with Crippen molar-refractivity contribution in [2.24, 2.45) is 0 Å². The highest BCUT2D eigenvalue weighted by Crippen LogP contribution is 2.08. The molecule has 0 aliphatic heterocycles. The van der Waals surface area contributed by atoms with Gasteiger partial charge in [-0.3, -0.25) is 4.79 Å². The number of rotatable bonds is 7. The number of thioether (sulfide) groups is 1. The largest absolute Gasteiger partial charge is 0.469 e. The predicted molar refractivity (Wildman–Crippen MR) is 54.3 cm³/mol. The molecule has 0 fully saturated rings. The van der Waals surface area contributed by atoms with Gasteiger partial charge in [0.1, 0.15) is 0 Å². The standard InChI is InChI=1S/C9H17O3S/c1-12-9(11)5-3-4-8(10)6-7-13-2/h8,10H,2-7H2,1H3/t8-/m0/s1. The third-order valence-corrected chi connectivity index (χ3v) is 2.27. The Morgan fingerprint density at radius 1 is 1.62 bits per heavy atom. The van der Waals surface area contributed by atoms with Gasteiger partial charge in [-0.2, -0.15) is 11.8 Å². The molecule has 0 unspecified atom stereocenters. The van der Waals surface area contributed by atoms with Crippen LogP contribution in [-0.4, -0.2) is 30.0 Å². The Kier molecular flexibility index (Phi) is 8.24. The summed E-state index contributed by atoms with van der Waals surface area (Å²) in [5.74, 6) is 0.651. The molecule has 3 nitrogen and oxygen atoms in total. The lowest BCUT2D eigenvalue weighted by Gasteiger charge is -2.08. The lowest BCUT2D eigenvalue weighted by Crippen LogP contribution is -2.09. The van der Waals surface area contributed by atoms with Crippen molar-refractivity contribution in [1.82, 2.24) is 0 Å². The number of aliphatic hydroxyl groups is 1. The molecule has 4 heteroatoms. The second-order valence-electron chi connectivity index (χ2n) is 2.82. The van der Waals surface area contributed by atoms with E-state index in [9.17, 15) is 9.90 Å². The Morgan fingerprint density at radius 2 is 2.31 bits per heavy atom. The maximum absolute atomic E-state index is 10.7. The number of carbonyl (C=O) groups excluding carboxylic acids is 1. The normalized spacial score (nSPS) is 12.5. The first-order valence-electron chi connectivity index (χ1n) is 4.32. The molecule has 77 valence electrons. The lowest BCUT2D eigenvalue weighted by atomic mass is 10.1. The van der Waals surface area contributed by atoms with Crippen LogP contribution in [0.1, 0.15) is 25.7 Å². The van der Waals surface area contributed by atoms with Crippen molar-refractivity contribution in [1.29, 1.82) is 0 Å². The van der Waals surface area contributed by atoms with Crippen molar-refractivity contribution in [2.45, 2.75) is 31.8 Å². The minimum absolute atomic E-state index is 0.210. The monoisotopic (exact) mass is 205 g/mol. The summed E-state index contributed by atoms with van der Waals surface area (Å²) in [4.78, 5) is 10.7. The second-order valence-corrected chi connectivity index (χ2v) is 3.64. The fraction of sp³-hybridized carbons (Fsp3) is 0.778. The summed E-state index contributed by atoms with van der Waals surface area (Å²) >= 11 is 1.47. The molecule has 0 rings (SSSR count). The van der Waals surface area contributed by atoms with E-state index >= 15 is 0 Å². The van der Waals surface area contributed by atoms with Crippen LogP contribution in [0.5, 0.6) is 0 Å². The van der Waals surface area contributed by atoms with Gasteiger partial charge in [0, 0.05) is 12.7 Å². The molecule has 0 aromatic rings. The smallest absolute Gasteiger partial charge is 0.305 e. The van der Waals surface area contributed by atoms with Crippen LogP contribution in [0.2, 0.25) is 0 Å². The summed E-state index contributed by atoms with van der Waals surface area (Å²) in [5.41, 5.74) is 0. The molecular weight excluding hydrogens is 188 g/mol. The van der Waals surface area contributed by atoms with Crippen LogP contribution in [0.3, 0.4) is 0 Å². The van der Waals surface area contributed by atoms with Crippen LogP contribution >= 0.6 is 11.8 Å². The maximum Gasteiger partial charge on any atom is 0.305 e. The van der Waals surface area contributed by atoms with E-state index in [1.807, 2.05) is 0 Å². The van der Waals surface area contributed by atoms with Crippen molar-refractivity contribution < 1.29 is 14.6 Å². The van der Waals surface area contributed by atoms with E-state index in [-0.39, 0.29) is 12.1 Å². The van der Waals surface area contributed by atoms with E-state index in [1.165, 1.54) is 18.9 Å². The van der Waals surface area contributed by atoms with Crippen molar-refractivity contribution in [3.63, 3.8) is 0 Å². The Bertz CT molecular complexity index is 139. The molecule has 1 radical (unpaired) electrons. The van der Waals surface area contributed by atoms with Gasteiger partial charge in [-0.1, -0.05) is 0 Å². The quantitative estimate of drug-likeness (QED) is 0.641. The topological polar surface area (TPSA) is 46.5 Å². The first kappa shape index (κ1) is 12.8. The minimum atomic E-state index is -0.307. The summed E-state index contributed by atoms with van der Waals surface area (Å²) < 4.78 is 4.48. The van der Waals surface area contributed by atoms with E-state index in [0.717, 1.165) is 12.2 Å². The van der Waals surface area contributed by atoms with Gasteiger partial charge in [0.25, 0.3) is 0 Å². The van der Waals surface area contributed by atoms with E-state index in [2.05, 4.69) is 11.0 Å². The predicted octanol–water partition coefficient (Wildman–Crippen LogP) is 1.61. The molecule has 0 spiro atoms. The van der Waals surface area contributed by atoms with Gasteiger partial charge in [-0.15, -0.1) is 0 Å². The maximum atomic E-state index is 10.7. The Labute approximate surface area is 83.9 Å². The number of methoxy groups -OCH3 is 1. The highest BCUT2D eigenvalue weighted by molar-refractivity contribution is 8.00. The van der Waals surface area contributed by atoms with E-state index in [0.29, 0.717) is 19.3 Å². The number of ether oxygens (including phenoxy) is 1. The molecule has 1 N–H and O–H groups in total. The zero-order valence-corrected chi connectivity index (χ0v) is 8.81. The third kappa shape index (κ3) is 8.12. The molecule has 0 amide bonds. The number of carbonyl (C=O) groups is 1. The molecule has 0 aromatic carbocycles. The lowest BCUT2D eigenvalue weighted by molar-refractivity contribution is -0.140. The summed E-state index contributed by atoms with van der Waals surface area (Å²) in [7, 11) is 1.37. The third-order valence-electron chi connectivity index (χ3n) is 1.74. The van der Waals surface area contributed by atoms with Crippen molar-refractivity contribution in [3.05, 3.63) is 6.26 Å². The van der Waals surface area contributed by atoms with Crippen molar-refractivity contribution in [3.8, 4) is 0 Å². The number of aliphatic hydroxyl groups excluding tert-OH is 1. The Balaban J connectivity index is 3.26. The van der Waals surface area contributed by atoms with Gasteiger partial charge in [0.2, 0.25) is 0 Å². The SMILES string of the molecule is [CH2]SCC[C@@H](O)CCCC(=O)OC. The molecular formula is C9H17O3S. The van der Waals surface area contributed by atoms with E-state index in [4.69, 9.17) is 0 Å². The zero-order chi connectivity index (χ0) is 10.1. The molecule has 0 heterocycles. The molecule has 0 saturated carbocycles. The molecule has 0 aliphatic rings. The molecule has 0 aromatic heterocycles. The van der Waals surface area contributed by atoms with Crippen LogP contribution in [0, 0.1) is 6.26 Å². The zero-order valence-electron chi connectivity index (χ0n) is 7.99. The first-order chi connectivity index (χ1) is 6.20. The van der Waals surface area contributed by atoms with Gasteiger partial charge in [-0.25, -0.2) is 0 Å². The summed E-state index contributed by atoms with van der Waals surface area (Å²) in [6.07, 6.45) is 5.80. The fourth-order valence-electron chi connectivity index (χ4n) is 0.948. The number of hydrogen-bond acceptors (Lipinski definition) is 4. The number of esters is 1. The van der Waals surface area contributed by atoms with Gasteiger partial charge in [0.15, 0.2) is 0 Å². The average Bonchev–Trinajstić information content (AvgIpc) is 2.14. The van der Waals surface area contributed by atoms with Crippen molar-refractivity contribution in [2.75, 3.05) is 12.9 Å². The summed E-state index contributed by atoms with van der Waals surface area (Å²) in [5, 5.41) is 9.37. The highest BCUT2D eigenvalue weighted by Gasteiger charge is 2.05. The fourth-order valence-corrected chi connectivity index (χ4v) is 1.39. The minimum Gasteiger partial charge on any atom is -0.469 e. The molecule has 13 heavy (non-hydrogen) atoms. The van der Waals surface area contributed by atoms with Crippen LogP contribution in [0.25, 0.3) is 0 Å². The Morgan fingerprint density at radius 3 is 2.85 bits per heavy atom. The summed E-state index contributed by atoms with van der Waals surface area (Å²) in [6.45, 7) is 0. The highest BCUT2D eigenvalue weighted by atomic mass is 32.2. The second kappa shape index (κ2) is 8.38. The molecule has 0 saturated heterocycles. The van der Waals surface area contributed by atoms with Gasteiger partial charge < -0.3 is 9.84 Å². The molecule has 0 bridgehead atoms. The summed E-state index contributed by atoms with van der Waals surface area (Å²) in [6, 6.07) is 0. The van der Waals surface area contributed by atoms with E-state index in [1.54, 1.807) is 0 Å². The number of hydrogen-bond donors (Lipinski definition) is 1. The molecule has 0 aliphatic carbocycles. The van der Waals surface area contributed by atoms with Crippen LogP contribution in [0.15, 0.2) is 0 Å². The Hall–Kier alpha value is -0.220.